The Kier molecular flexibility index (Phi) is 19.6. The average molecular weight is 588 g/mol. The first-order valence-electron chi connectivity index (χ1n) is 15.9. The van der Waals surface area contributed by atoms with Gasteiger partial charge in [-0.3, -0.25) is 14.6 Å². The fraction of sp³-hybridized carbons (Fsp3) is 0.472. The van der Waals surface area contributed by atoms with Crippen molar-refractivity contribution in [3.63, 3.8) is 0 Å². The van der Waals surface area contributed by atoms with Crippen LogP contribution in [0.25, 0.3) is 0 Å². The van der Waals surface area contributed by atoms with Gasteiger partial charge >= 0.3 is 0 Å². The maximum atomic E-state index is 12.5. The molecule has 0 radical (unpaired) electrons. The van der Waals surface area contributed by atoms with E-state index in [-0.39, 0.29) is 11.8 Å². The standard InChI is InChI=1S/C36H53N5O2/c1-3-4-5-6-7-8-9-10-11-12-13-14-15-16-17-18-22-34(41-30-28-40(2)29-31-41)23-24-35(42)38-26-20-27-39-36(43)33-21-19-25-37-32-33/h4-5,7-8,10-11,13-14,16-17,19,21-22,25,32H,3,6,9,12,15,18,20,23-24,26-31H2,1-2H3,(H,38,42)(H,39,43)/b5-4-,8-7-,11-10-,14-13-,17-16-,34-22-. The summed E-state index contributed by atoms with van der Waals surface area (Å²) in [5.74, 6) is -0.0950. The highest BCUT2D eigenvalue weighted by Crippen LogP contribution is 2.16. The number of amides is 2. The molecule has 2 amide bonds. The smallest absolute Gasteiger partial charge is 0.252 e. The molecule has 2 N–H and O–H groups in total. The molecule has 2 rings (SSSR count). The van der Waals surface area contributed by atoms with Crippen LogP contribution in [0, 0.1) is 0 Å². The summed E-state index contributed by atoms with van der Waals surface area (Å²) < 4.78 is 0. The van der Waals surface area contributed by atoms with E-state index in [9.17, 15) is 9.59 Å². The second-order valence-corrected chi connectivity index (χ2v) is 10.6. The van der Waals surface area contributed by atoms with E-state index in [1.807, 2.05) is 0 Å². The van der Waals surface area contributed by atoms with Gasteiger partial charge in [0.05, 0.1) is 5.56 Å². The maximum absolute atomic E-state index is 12.5. The van der Waals surface area contributed by atoms with Crippen molar-refractivity contribution in [2.45, 2.75) is 64.7 Å². The molecule has 0 aromatic carbocycles. The third kappa shape index (κ3) is 17.8. The number of carbonyl (C=O) groups is 2. The molecule has 1 aliphatic rings. The first kappa shape index (κ1) is 35.5. The molecule has 234 valence electrons. The number of carbonyl (C=O) groups excluding carboxylic acids is 2. The largest absolute Gasteiger partial charge is 0.372 e. The SMILES string of the molecule is CC/C=C\C/C=C\C/C=C\C/C=C\C/C=C\C/C=C(/CCC(=O)NCCCNC(=O)c1cccnc1)N1CCN(C)CC1. The van der Waals surface area contributed by atoms with Crippen molar-refractivity contribution >= 4 is 11.8 Å². The van der Waals surface area contributed by atoms with Gasteiger partial charge in [-0.2, -0.15) is 0 Å². The Morgan fingerprint density at radius 3 is 1.95 bits per heavy atom. The number of nitrogens with one attached hydrogen (secondary N) is 2. The van der Waals surface area contributed by atoms with E-state index < -0.39 is 0 Å². The minimum absolute atomic E-state index is 0.0495. The minimum atomic E-state index is -0.145. The monoisotopic (exact) mass is 587 g/mol. The van der Waals surface area contributed by atoms with Crippen molar-refractivity contribution in [3.05, 3.63) is 103 Å². The van der Waals surface area contributed by atoms with Gasteiger partial charge in [-0.15, -0.1) is 0 Å². The highest BCUT2D eigenvalue weighted by Gasteiger charge is 2.16. The van der Waals surface area contributed by atoms with Crippen molar-refractivity contribution in [2.24, 2.45) is 0 Å². The molecule has 2 heterocycles. The summed E-state index contributed by atoms with van der Waals surface area (Å²) in [7, 11) is 2.16. The van der Waals surface area contributed by atoms with Gasteiger partial charge in [-0.05, 0) is 70.5 Å². The lowest BCUT2D eigenvalue weighted by molar-refractivity contribution is -0.121. The van der Waals surface area contributed by atoms with Crippen LogP contribution in [0.2, 0.25) is 0 Å². The van der Waals surface area contributed by atoms with Crippen molar-refractivity contribution in [3.8, 4) is 0 Å². The molecule has 43 heavy (non-hydrogen) atoms. The minimum Gasteiger partial charge on any atom is -0.372 e. The first-order chi connectivity index (χ1) is 21.1. The van der Waals surface area contributed by atoms with Gasteiger partial charge in [0, 0.05) is 63.8 Å². The second-order valence-electron chi connectivity index (χ2n) is 10.6. The van der Waals surface area contributed by atoms with E-state index in [1.165, 1.54) is 5.70 Å². The Labute approximate surface area is 260 Å². The van der Waals surface area contributed by atoms with Gasteiger partial charge in [0.1, 0.15) is 0 Å². The molecule has 0 atom stereocenters. The van der Waals surface area contributed by atoms with Gasteiger partial charge < -0.3 is 20.4 Å². The number of rotatable bonds is 20. The van der Waals surface area contributed by atoms with E-state index in [0.717, 1.165) is 71.1 Å². The summed E-state index contributed by atoms with van der Waals surface area (Å²) in [6, 6.07) is 3.47. The van der Waals surface area contributed by atoms with Crippen LogP contribution in [0.5, 0.6) is 0 Å². The van der Waals surface area contributed by atoms with Crippen molar-refractivity contribution < 1.29 is 9.59 Å². The first-order valence-corrected chi connectivity index (χ1v) is 15.9. The number of pyridine rings is 1. The molecule has 0 bridgehead atoms. The Hall–Kier alpha value is -3.71. The Bertz CT molecular complexity index is 1080. The summed E-state index contributed by atoms with van der Waals surface area (Å²) in [5.41, 5.74) is 1.80. The van der Waals surface area contributed by atoms with E-state index in [4.69, 9.17) is 0 Å². The molecular weight excluding hydrogens is 534 g/mol. The number of piperazine rings is 1. The molecule has 7 nitrogen and oxygen atoms in total. The zero-order valence-corrected chi connectivity index (χ0v) is 26.4. The van der Waals surface area contributed by atoms with Crippen LogP contribution in [0.15, 0.2) is 97.1 Å². The number of hydrogen-bond acceptors (Lipinski definition) is 5. The molecule has 1 aromatic rings. The van der Waals surface area contributed by atoms with Crippen LogP contribution in [0.4, 0.5) is 0 Å². The number of hydrogen-bond donors (Lipinski definition) is 2. The molecule has 1 aromatic heterocycles. The lowest BCUT2D eigenvalue weighted by Crippen LogP contribution is -2.44. The van der Waals surface area contributed by atoms with Gasteiger partial charge in [0.2, 0.25) is 5.91 Å². The highest BCUT2D eigenvalue weighted by atomic mass is 16.2. The zero-order chi connectivity index (χ0) is 30.8. The number of aromatic nitrogens is 1. The summed E-state index contributed by atoms with van der Waals surface area (Å²) in [6.45, 7) is 7.26. The Morgan fingerprint density at radius 2 is 1.37 bits per heavy atom. The van der Waals surface area contributed by atoms with E-state index >= 15 is 0 Å². The number of likely N-dealkylation sites (N-methyl/N-ethyl adjacent to an activating group) is 1. The summed E-state index contributed by atoms with van der Waals surface area (Å²) in [5, 5.41) is 5.86. The fourth-order valence-electron chi connectivity index (χ4n) is 4.48. The molecule has 1 saturated heterocycles. The van der Waals surface area contributed by atoms with Crippen molar-refractivity contribution in [2.75, 3.05) is 46.3 Å². The number of allylic oxidation sites excluding steroid dienone is 12. The Morgan fingerprint density at radius 1 is 0.791 bits per heavy atom. The Balaban J connectivity index is 1.66. The van der Waals surface area contributed by atoms with Crippen LogP contribution in [0.1, 0.15) is 75.1 Å². The van der Waals surface area contributed by atoms with E-state index in [0.29, 0.717) is 31.5 Å². The third-order valence-electron chi connectivity index (χ3n) is 7.05. The second kappa shape index (κ2) is 23.8. The van der Waals surface area contributed by atoms with Crippen LogP contribution < -0.4 is 10.6 Å². The molecule has 0 aliphatic carbocycles. The van der Waals surface area contributed by atoms with Crippen LogP contribution in [0.3, 0.4) is 0 Å². The van der Waals surface area contributed by atoms with Gasteiger partial charge in [0.25, 0.3) is 5.91 Å². The topological polar surface area (TPSA) is 77.6 Å². The molecule has 0 unspecified atom stereocenters. The van der Waals surface area contributed by atoms with Crippen molar-refractivity contribution in [1.82, 2.24) is 25.4 Å². The lowest BCUT2D eigenvalue weighted by atomic mass is 10.1. The lowest BCUT2D eigenvalue weighted by Gasteiger charge is -2.35. The maximum Gasteiger partial charge on any atom is 0.252 e. The highest BCUT2D eigenvalue weighted by molar-refractivity contribution is 5.93. The normalized spacial score (nSPS) is 15.1. The molecule has 1 fully saturated rings. The third-order valence-corrected chi connectivity index (χ3v) is 7.05. The summed E-state index contributed by atoms with van der Waals surface area (Å²) in [6.07, 6.45) is 35.4. The van der Waals surface area contributed by atoms with Gasteiger partial charge in [0.15, 0.2) is 0 Å². The molecular formula is C36H53N5O2. The predicted molar refractivity (Wildman–Crippen MR) is 180 cm³/mol. The van der Waals surface area contributed by atoms with E-state index in [1.54, 1.807) is 24.5 Å². The van der Waals surface area contributed by atoms with Crippen LogP contribution >= 0.6 is 0 Å². The van der Waals surface area contributed by atoms with Gasteiger partial charge in [-0.25, -0.2) is 0 Å². The fourth-order valence-corrected chi connectivity index (χ4v) is 4.48. The van der Waals surface area contributed by atoms with Crippen LogP contribution in [-0.4, -0.2) is 72.9 Å². The average Bonchev–Trinajstić information content (AvgIpc) is 3.03. The van der Waals surface area contributed by atoms with Crippen molar-refractivity contribution in [1.29, 1.82) is 0 Å². The number of nitrogens with zero attached hydrogens (tertiary/aromatic N) is 3. The molecule has 7 heteroatoms. The molecule has 0 saturated carbocycles. The summed E-state index contributed by atoms with van der Waals surface area (Å²) in [4.78, 5) is 33.4. The van der Waals surface area contributed by atoms with E-state index in [2.05, 4.69) is 106 Å². The van der Waals surface area contributed by atoms with Gasteiger partial charge in [-0.1, -0.05) is 73.8 Å². The summed E-state index contributed by atoms with van der Waals surface area (Å²) >= 11 is 0. The molecule has 0 spiro atoms. The zero-order valence-electron chi connectivity index (χ0n) is 26.4. The quantitative estimate of drug-likeness (QED) is 0.137. The molecule has 1 aliphatic heterocycles. The van der Waals surface area contributed by atoms with Crippen LogP contribution in [-0.2, 0) is 4.79 Å². The predicted octanol–water partition coefficient (Wildman–Crippen LogP) is 6.37.